The van der Waals surface area contributed by atoms with Gasteiger partial charge in [-0.05, 0) is 107 Å². The molecule has 160 valence electrons. The molecular formula is C25H32N2O3. The maximum atomic E-state index is 12.9. The van der Waals surface area contributed by atoms with Crippen LogP contribution >= 0.6 is 0 Å². The third-order valence-corrected chi connectivity index (χ3v) is 8.03. The number of hydrogen-bond acceptors (Lipinski definition) is 4. The highest BCUT2D eigenvalue weighted by molar-refractivity contribution is 5.94. The minimum absolute atomic E-state index is 0.0236. The van der Waals surface area contributed by atoms with E-state index in [-0.39, 0.29) is 11.9 Å². The summed E-state index contributed by atoms with van der Waals surface area (Å²) in [6.07, 6.45) is 8.18. The molecule has 0 radical (unpaired) electrons. The Hall–Kier alpha value is -2.30. The third-order valence-electron chi connectivity index (χ3n) is 8.03. The number of rotatable bonds is 6. The van der Waals surface area contributed by atoms with E-state index < -0.39 is 0 Å². The molecule has 1 aromatic carbocycles. The smallest absolute Gasteiger partial charge is 0.251 e. The molecule has 4 saturated carbocycles. The van der Waals surface area contributed by atoms with Gasteiger partial charge in [0, 0.05) is 11.6 Å². The van der Waals surface area contributed by atoms with Crippen molar-refractivity contribution in [1.82, 2.24) is 10.5 Å². The lowest BCUT2D eigenvalue weighted by Gasteiger charge is -2.59. The van der Waals surface area contributed by atoms with Crippen molar-refractivity contribution in [2.24, 2.45) is 23.2 Å². The van der Waals surface area contributed by atoms with Crippen molar-refractivity contribution in [2.75, 3.05) is 0 Å². The zero-order chi connectivity index (χ0) is 20.9. The zero-order valence-electron chi connectivity index (χ0n) is 18.2. The molecule has 5 heteroatoms. The highest BCUT2D eigenvalue weighted by atomic mass is 16.5. The van der Waals surface area contributed by atoms with Gasteiger partial charge in [0.25, 0.3) is 5.91 Å². The Morgan fingerprint density at radius 3 is 2.27 bits per heavy atom. The van der Waals surface area contributed by atoms with Gasteiger partial charge in [-0.25, -0.2) is 0 Å². The largest absolute Gasteiger partial charge is 0.489 e. The molecule has 30 heavy (non-hydrogen) atoms. The normalized spacial score (nSPS) is 30.3. The second-order valence-electron chi connectivity index (χ2n) is 10.1. The van der Waals surface area contributed by atoms with Crippen LogP contribution in [0.1, 0.15) is 72.8 Å². The number of ether oxygens (including phenoxy) is 1. The molecule has 1 atom stereocenters. The van der Waals surface area contributed by atoms with Crippen molar-refractivity contribution in [2.45, 2.75) is 71.9 Å². The number of aryl methyl sites for hydroxylation is 2. The first kappa shape index (κ1) is 19.7. The van der Waals surface area contributed by atoms with Gasteiger partial charge >= 0.3 is 0 Å². The van der Waals surface area contributed by atoms with Gasteiger partial charge in [-0.3, -0.25) is 4.79 Å². The Morgan fingerprint density at radius 1 is 1.13 bits per heavy atom. The molecule has 0 saturated heterocycles. The first-order valence-corrected chi connectivity index (χ1v) is 11.4. The highest BCUT2D eigenvalue weighted by Gasteiger charge is 2.53. The first-order chi connectivity index (χ1) is 14.4. The van der Waals surface area contributed by atoms with Gasteiger partial charge in [0.2, 0.25) is 0 Å². The summed E-state index contributed by atoms with van der Waals surface area (Å²) < 4.78 is 11.0. The fourth-order valence-electron chi connectivity index (χ4n) is 6.71. The summed E-state index contributed by atoms with van der Waals surface area (Å²) in [6.45, 7) is 6.44. The molecule has 0 aliphatic heterocycles. The number of nitrogens with zero attached hydrogens (tertiary/aromatic N) is 1. The molecule has 0 spiro atoms. The van der Waals surface area contributed by atoms with E-state index in [1.165, 1.54) is 38.5 Å². The molecule has 4 aliphatic carbocycles. The van der Waals surface area contributed by atoms with Crippen LogP contribution in [0.25, 0.3) is 0 Å². The summed E-state index contributed by atoms with van der Waals surface area (Å²) in [5.74, 6) is 4.22. The van der Waals surface area contributed by atoms with Crippen LogP contribution in [0.4, 0.5) is 0 Å². The Bertz CT molecular complexity index is 876. The van der Waals surface area contributed by atoms with Crippen LogP contribution in [0.5, 0.6) is 5.75 Å². The van der Waals surface area contributed by atoms with Gasteiger partial charge in [0.1, 0.15) is 18.1 Å². The lowest BCUT2D eigenvalue weighted by atomic mass is 9.48. The van der Waals surface area contributed by atoms with Crippen molar-refractivity contribution in [1.29, 1.82) is 0 Å². The summed E-state index contributed by atoms with van der Waals surface area (Å²) in [5, 5.41) is 7.29. The summed E-state index contributed by atoms with van der Waals surface area (Å²) in [7, 11) is 0. The van der Waals surface area contributed by atoms with Crippen molar-refractivity contribution in [3.8, 4) is 5.75 Å². The van der Waals surface area contributed by atoms with E-state index in [0.717, 1.165) is 40.5 Å². The number of hydrogen-bond donors (Lipinski definition) is 1. The van der Waals surface area contributed by atoms with Crippen LogP contribution in [0.2, 0.25) is 0 Å². The summed E-state index contributed by atoms with van der Waals surface area (Å²) in [4.78, 5) is 12.9. The fourth-order valence-corrected chi connectivity index (χ4v) is 6.71. The van der Waals surface area contributed by atoms with E-state index in [4.69, 9.17) is 9.26 Å². The third kappa shape index (κ3) is 3.52. The maximum Gasteiger partial charge on any atom is 0.251 e. The van der Waals surface area contributed by atoms with Gasteiger partial charge in [0.05, 0.1) is 11.3 Å². The quantitative estimate of drug-likeness (QED) is 0.713. The van der Waals surface area contributed by atoms with E-state index in [2.05, 4.69) is 17.4 Å². The van der Waals surface area contributed by atoms with Crippen LogP contribution in [-0.2, 0) is 6.61 Å². The Morgan fingerprint density at radius 2 is 1.73 bits per heavy atom. The van der Waals surface area contributed by atoms with E-state index in [1.807, 2.05) is 38.1 Å². The second kappa shape index (κ2) is 7.44. The average molecular weight is 409 g/mol. The molecule has 5 nitrogen and oxygen atoms in total. The molecule has 1 aromatic heterocycles. The Balaban J connectivity index is 1.20. The van der Waals surface area contributed by atoms with Crippen molar-refractivity contribution in [3.63, 3.8) is 0 Å². The maximum absolute atomic E-state index is 12.9. The van der Waals surface area contributed by atoms with E-state index in [0.29, 0.717) is 17.6 Å². The summed E-state index contributed by atoms with van der Waals surface area (Å²) >= 11 is 0. The van der Waals surface area contributed by atoms with Crippen LogP contribution < -0.4 is 10.1 Å². The number of nitrogens with one attached hydrogen (secondary N) is 1. The topological polar surface area (TPSA) is 64.4 Å². The van der Waals surface area contributed by atoms with Gasteiger partial charge < -0.3 is 14.6 Å². The van der Waals surface area contributed by atoms with Crippen molar-refractivity contribution < 1.29 is 14.1 Å². The zero-order valence-corrected chi connectivity index (χ0v) is 18.2. The van der Waals surface area contributed by atoms with Gasteiger partial charge in [-0.15, -0.1) is 0 Å². The fraction of sp³-hybridized carbons (Fsp3) is 0.600. The number of carbonyl (C=O) groups excluding carboxylic acids is 1. The van der Waals surface area contributed by atoms with Crippen molar-refractivity contribution in [3.05, 3.63) is 46.8 Å². The van der Waals surface area contributed by atoms with Crippen LogP contribution in [-0.4, -0.2) is 17.1 Å². The number of aromatic nitrogens is 1. The molecule has 2 aromatic rings. The molecule has 1 heterocycles. The van der Waals surface area contributed by atoms with Crippen LogP contribution in [0.15, 0.2) is 28.8 Å². The second-order valence-corrected chi connectivity index (χ2v) is 10.1. The van der Waals surface area contributed by atoms with Gasteiger partial charge in [0.15, 0.2) is 0 Å². The van der Waals surface area contributed by atoms with Crippen LogP contribution in [0.3, 0.4) is 0 Å². The molecule has 4 fully saturated rings. The molecule has 4 aliphatic rings. The minimum atomic E-state index is 0.0236. The molecule has 1 amide bonds. The SMILES string of the molecule is Cc1noc(C)c1COc1ccc(C(=O)N[C@@H](C)C23CC4CC(CC(C4)C2)C3)cc1. The number of benzene rings is 1. The number of amides is 1. The van der Waals surface area contributed by atoms with E-state index in [9.17, 15) is 4.79 Å². The molecule has 6 rings (SSSR count). The van der Waals surface area contributed by atoms with Crippen molar-refractivity contribution >= 4 is 5.91 Å². The summed E-state index contributed by atoms with van der Waals surface area (Å²) in [6, 6.07) is 7.66. The van der Waals surface area contributed by atoms with E-state index in [1.54, 1.807) is 0 Å². The first-order valence-electron chi connectivity index (χ1n) is 11.4. The predicted molar refractivity (Wildman–Crippen MR) is 114 cm³/mol. The lowest BCUT2D eigenvalue weighted by molar-refractivity contribution is -0.0688. The minimum Gasteiger partial charge on any atom is -0.489 e. The van der Waals surface area contributed by atoms with Gasteiger partial charge in [-0.1, -0.05) is 5.16 Å². The molecule has 4 bridgehead atoms. The van der Waals surface area contributed by atoms with E-state index >= 15 is 0 Å². The molecule has 1 N–H and O–H groups in total. The Kier molecular flexibility index (Phi) is 4.87. The Labute approximate surface area is 178 Å². The summed E-state index contributed by atoms with van der Waals surface area (Å²) in [5.41, 5.74) is 2.83. The predicted octanol–water partition coefficient (Wildman–Crippen LogP) is 5.21. The van der Waals surface area contributed by atoms with Gasteiger partial charge in [-0.2, -0.15) is 0 Å². The van der Waals surface area contributed by atoms with Crippen LogP contribution in [0, 0.1) is 37.0 Å². The average Bonchev–Trinajstić information content (AvgIpc) is 3.03. The molecule has 0 unspecified atom stereocenters. The monoisotopic (exact) mass is 408 g/mol. The number of carbonyl (C=O) groups is 1. The molecular weight excluding hydrogens is 376 g/mol. The highest BCUT2D eigenvalue weighted by Crippen LogP contribution is 2.61. The standard InChI is InChI=1S/C25H32N2O3/c1-15-23(16(2)30-27-15)14-29-22-6-4-21(5-7-22)24(28)26-17(3)25-11-18-8-19(12-25)10-20(9-18)13-25/h4-7,17-20H,8-14H2,1-3H3,(H,26,28)/t17-,18?,19?,20?,25?/m0/s1. The lowest BCUT2D eigenvalue weighted by Crippen LogP contribution is -2.55.